The molecule has 0 aliphatic heterocycles. The van der Waals surface area contributed by atoms with Gasteiger partial charge < -0.3 is 5.73 Å². The van der Waals surface area contributed by atoms with E-state index >= 15 is 0 Å². The Balaban J connectivity index is 2.01. The Morgan fingerprint density at radius 1 is 1.14 bits per heavy atom. The van der Waals surface area contributed by atoms with Gasteiger partial charge >= 0.3 is 4.87 Å². The maximum absolute atomic E-state index is 12.1. The van der Waals surface area contributed by atoms with E-state index in [4.69, 9.17) is 5.73 Å². The maximum atomic E-state index is 12.1. The Morgan fingerprint density at radius 2 is 1.90 bits per heavy atom. The molecule has 0 saturated heterocycles. The molecule has 1 aromatic heterocycles. The third-order valence-electron chi connectivity index (χ3n) is 3.43. The monoisotopic (exact) mass is 296 g/mol. The minimum atomic E-state index is 0.0491. The van der Waals surface area contributed by atoms with Gasteiger partial charge in [-0.25, -0.2) is 0 Å². The standard InChI is InChI=1S/C17H16N2OS/c1-12-5-7-13(8-6-12)10-19-16(11-21-17(19)20)14-3-2-4-15(18)9-14/h2-9,11H,10,18H2,1H3. The quantitative estimate of drug-likeness (QED) is 0.752. The van der Waals surface area contributed by atoms with Crippen LogP contribution in [0, 0.1) is 6.92 Å². The number of rotatable bonds is 3. The van der Waals surface area contributed by atoms with Gasteiger partial charge in [-0.05, 0) is 24.6 Å². The molecule has 0 fully saturated rings. The smallest absolute Gasteiger partial charge is 0.307 e. The minimum Gasteiger partial charge on any atom is -0.399 e. The van der Waals surface area contributed by atoms with Crippen LogP contribution in [0.4, 0.5) is 5.69 Å². The van der Waals surface area contributed by atoms with Crippen LogP contribution in [0.25, 0.3) is 11.3 Å². The van der Waals surface area contributed by atoms with E-state index in [2.05, 4.69) is 31.2 Å². The summed E-state index contributed by atoms with van der Waals surface area (Å²) in [7, 11) is 0. The molecule has 3 rings (SSSR count). The highest BCUT2D eigenvalue weighted by Gasteiger charge is 2.09. The van der Waals surface area contributed by atoms with Crippen molar-refractivity contribution in [3.8, 4) is 11.3 Å². The third-order valence-corrected chi connectivity index (χ3v) is 4.19. The van der Waals surface area contributed by atoms with Gasteiger partial charge in [0.05, 0.1) is 12.2 Å². The number of benzene rings is 2. The van der Waals surface area contributed by atoms with E-state index in [9.17, 15) is 4.79 Å². The zero-order valence-corrected chi connectivity index (χ0v) is 12.6. The van der Waals surface area contributed by atoms with Crippen molar-refractivity contribution >= 4 is 17.0 Å². The largest absolute Gasteiger partial charge is 0.399 e. The third kappa shape index (κ3) is 2.90. The lowest BCUT2D eigenvalue weighted by molar-refractivity contribution is 0.792. The molecular formula is C17H16N2OS. The summed E-state index contributed by atoms with van der Waals surface area (Å²) in [4.78, 5) is 12.2. The molecule has 0 unspecified atom stereocenters. The molecule has 0 radical (unpaired) electrons. The van der Waals surface area contributed by atoms with Crippen molar-refractivity contribution in [1.82, 2.24) is 4.57 Å². The molecule has 21 heavy (non-hydrogen) atoms. The summed E-state index contributed by atoms with van der Waals surface area (Å²) < 4.78 is 1.80. The fraction of sp³-hybridized carbons (Fsp3) is 0.118. The first-order valence-corrected chi connectivity index (χ1v) is 7.61. The Morgan fingerprint density at radius 3 is 2.62 bits per heavy atom. The lowest BCUT2D eigenvalue weighted by atomic mass is 10.1. The Bertz CT molecular complexity index is 815. The Kier molecular flexibility index (Phi) is 3.62. The molecule has 0 spiro atoms. The van der Waals surface area contributed by atoms with Gasteiger partial charge in [-0.3, -0.25) is 9.36 Å². The molecule has 0 atom stereocenters. The molecule has 0 saturated carbocycles. The molecule has 2 aromatic carbocycles. The van der Waals surface area contributed by atoms with E-state index in [1.807, 2.05) is 29.6 Å². The highest BCUT2D eigenvalue weighted by molar-refractivity contribution is 7.07. The van der Waals surface area contributed by atoms with Crippen molar-refractivity contribution in [1.29, 1.82) is 0 Å². The first-order chi connectivity index (χ1) is 10.1. The van der Waals surface area contributed by atoms with Gasteiger partial charge in [-0.2, -0.15) is 0 Å². The number of anilines is 1. The second-order valence-corrected chi connectivity index (χ2v) is 5.90. The summed E-state index contributed by atoms with van der Waals surface area (Å²) in [6, 6.07) is 15.9. The number of nitrogens with two attached hydrogens (primary N) is 1. The van der Waals surface area contributed by atoms with E-state index < -0.39 is 0 Å². The molecular weight excluding hydrogens is 280 g/mol. The molecule has 0 amide bonds. The van der Waals surface area contributed by atoms with Crippen LogP contribution in [0.5, 0.6) is 0 Å². The van der Waals surface area contributed by atoms with Crippen LogP contribution in [0.2, 0.25) is 0 Å². The van der Waals surface area contributed by atoms with Crippen LogP contribution in [-0.4, -0.2) is 4.57 Å². The van der Waals surface area contributed by atoms with Gasteiger partial charge in [0.1, 0.15) is 0 Å². The summed E-state index contributed by atoms with van der Waals surface area (Å²) in [6.45, 7) is 2.63. The van der Waals surface area contributed by atoms with Gasteiger partial charge in [0, 0.05) is 16.6 Å². The van der Waals surface area contributed by atoms with Crippen LogP contribution < -0.4 is 10.6 Å². The summed E-state index contributed by atoms with van der Waals surface area (Å²) in [5.41, 5.74) is 10.8. The van der Waals surface area contributed by atoms with Crippen LogP contribution >= 0.6 is 11.3 Å². The lowest BCUT2D eigenvalue weighted by Crippen LogP contribution is -2.15. The molecule has 106 valence electrons. The van der Waals surface area contributed by atoms with Gasteiger partial charge in [0.15, 0.2) is 0 Å². The molecule has 0 bridgehead atoms. The van der Waals surface area contributed by atoms with E-state index in [0.717, 1.165) is 16.8 Å². The lowest BCUT2D eigenvalue weighted by Gasteiger charge is -2.09. The topological polar surface area (TPSA) is 48.0 Å². The van der Waals surface area contributed by atoms with Crippen molar-refractivity contribution in [2.75, 3.05) is 5.73 Å². The van der Waals surface area contributed by atoms with Crippen LogP contribution in [0.15, 0.2) is 58.7 Å². The first kappa shape index (κ1) is 13.6. The highest BCUT2D eigenvalue weighted by atomic mass is 32.1. The average molecular weight is 296 g/mol. The molecule has 1 heterocycles. The SMILES string of the molecule is Cc1ccc(Cn2c(-c3cccc(N)c3)csc2=O)cc1. The predicted octanol–water partition coefficient (Wildman–Crippen LogP) is 3.52. The maximum Gasteiger partial charge on any atom is 0.307 e. The molecule has 0 aliphatic rings. The molecule has 0 aliphatic carbocycles. The second-order valence-electron chi connectivity index (χ2n) is 5.08. The van der Waals surface area contributed by atoms with Crippen molar-refractivity contribution < 1.29 is 0 Å². The van der Waals surface area contributed by atoms with Gasteiger partial charge in [0.2, 0.25) is 0 Å². The normalized spacial score (nSPS) is 10.7. The average Bonchev–Trinajstić information content (AvgIpc) is 2.83. The first-order valence-electron chi connectivity index (χ1n) is 6.73. The molecule has 3 nitrogen and oxygen atoms in total. The van der Waals surface area contributed by atoms with Gasteiger partial charge in [-0.15, -0.1) is 0 Å². The van der Waals surface area contributed by atoms with Crippen LogP contribution in [0.3, 0.4) is 0 Å². The zero-order valence-electron chi connectivity index (χ0n) is 11.7. The molecule has 2 N–H and O–H groups in total. The van der Waals surface area contributed by atoms with Crippen LogP contribution in [0.1, 0.15) is 11.1 Å². The fourth-order valence-electron chi connectivity index (χ4n) is 2.28. The van der Waals surface area contributed by atoms with Gasteiger partial charge in [0.25, 0.3) is 0 Å². The molecule has 3 aromatic rings. The number of nitrogen functional groups attached to an aromatic ring is 1. The number of hydrogen-bond donors (Lipinski definition) is 1. The van der Waals surface area contributed by atoms with Crippen molar-refractivity contribution in [2.45, 2.75) is 13.5 Å². The summed E-state index contributed by atoms with van der Waals surface area (Å²) in [6.07, 6.45) is 0. The second kappa shape index (κ2) is 5.58. The number of thiazole rings is 1. The van der Waals surface area contributed by atoms with E-state index in [1.54, 1.807) is 4.57 Å². The Labute approximate surface area is 127 Å². The summed E-state index contributed by atoms with van der Waals surface area (Å²) in [5.74, 6) is 0. The number of hydrogen-bond acceptors (Lipinski definition) is 3. The zero-order chi connectivity index (χ0) is 14.8. The summed E-state index contributed by atoms with van der Waals surface area (Å²) in [5, 5.41) is 1.89. The number of aromatic nitrogens is 1. The highest BCUT2D eigenvalue weighted by Crippen LogP contribution is 2.23. The van der Waals surface area contributed by atoms with E-state index in [0.29, 0.717) is 12.2 Å². The van der Waals surface area contributed by atoms with E-state index in [1.165, 1.54) is 16.9 Å². The van der Waals surface area contributed by atoms with Gasteiger partial charge in [-0.1, -0.05) is 53.3 Å². The molecule has 4 heteroatoms. The predicted molar refractivity (Wildman–Crippen MR) is 88.7 cm³/mol. The van der Waals surface area contributed by atoms with Crippen molar-refractivity contribution in [3.63, 3.8) is 0 Å². The van der Waals surface area contributed by atoms with Crippen molar-refractivity contribution in [2.24, 2.45) is 0 Å². The van der Waals surface area contributed by atoms with Crippen LogP contribution in [-0.2, 0) is 6.54 Å². The Hall–Kier alpha value is -2.33. The van der Waals surface area contributed by atoms with E-state index in [-0.39, 0.29) is 4.87 Å². The number of nitrogens with zero attached hydrogens (tertiary/aromatic N) is 1. The van der Waals surface area contributed by atoms with Crippen molar-refractivity contribution in [3.05, 3.63) is 74.7 Å². The summed E-state index contributed by atoms with van der Waals surface area (Å²) >= 11 is 1.22. The number of aryl methyl sites for hydroxylation is 1. The fourth-order valence-corrected chi connectivity index (χ4v) is 3.05. The minimum absolute atomic E-state index is 0.0491.